The molecule has 0 aromatic heterocycles. The van der Waals surface area contributed by atoms with Gasteiger partial charge >= 0.3 is 0 Å². The first-order valence-corrected chi connectivity index (χ1v) is 14.2. The number of thioether (sulfide) groups is 1. The van der Waals surface area contributed by atoms with Gasteiger partial charge in [-0.15, -0.1) is 11.8 Å². The zero-order chi connectivity index (χ0) is 26.6. The Bertz CT molecular complexity index is 1290. The highest BCUT2D eigenvalue weighted by atomic mass is 35.5. The number of hydrogen-bond acceptors (Lipinski definition) is 5. The normalized spacial score (nSPS) is 17.2. The number of amides is 1. The van der Waals surface area contributed by atoms with Crippen LogP contribution in [0.5, 0.6) is 0 Å². The number of ketones is 1. The second kappa shape index (κ2) is 12.0. The molecule has 5 nitrogen and oxygen atoms in total. The summed E-state index contributed by atoms with van der Waals surface area (Å²) in [5, 5.41) is 15.3. The molecule has 1 amide bonds. The summed E-state index contributed by atoms with van der Waals surface area (Å²) in [5.74, 6) is -1.77. The van der Waals surface area contributed by atoms with Crippen LogP contribution in [0.4, 0.5) is 4.39 Å². The Kier molecular flexibility index (Phi) is 8.48. The molecule has 5 rings (SSSR count). The molecule has 38 heavy (non-hydrogen) atoms. The van der Waals surface area contributed by atoms with Crippen molar-refractivity contribution in [2.45, 2.75) is 48.0 Å². The zero-order valence-electron chi connectivity index (χ0n) is 20.9. The van der Waals surface area contributed by atoms with E-state index in [0.717, 1.165) is 42.0 Å². The number of nitrogens with zero attached hydrogens (tertiary/aromatic N) is 1. The van der Waals surface area contributed by atoms with Crippen LogP contribution in [0.15, 0.2) is 71.6 Å². The Morgan fingerprint density at radius 3 is 2.24 bits per heavy atom. The lowest BCUT2D eigenvalue weighted by Gasteiger charge is -2.28. The van der Waals surface area contributed by atoms with Gasteiger partial charge in [-0.1, -0.05) is 54.1 Å². The lowest BCUT2D eigenvalue weighted by molar-refractivity contribution is -0.118. The summed E-state index contributed by atoms with van der Waals surface area (Å²) in [7, 11) is 0. The zero-order valence-corrected chi connectivity index (χ0v) is 22.5. The Hall–Kier alpha value is -2.71. The largest absolute Gasteiger partial charge is 0.386 e. The summed E-state index contributed by atoms with van der Waals surface area (Å²) in [6.45, 7) is 2.20. The molecule has 2 atom stereocenters. The lowest BCUT2D eigenvalue weighted by atomic mass is 10.00. The molecule has 2 aliphatic rings. The van der Waals surface area contributed by atoms with E-state index in [1.54, 1.807) is 54.2 Å². The van der Waals surface area contributed by atoms with Gasteiger partial charge in [-0.25, -0.2) is 4.39 Å². The van der Waals surface area contributed by atoms with E-state index >= 15 is 0 Å². The topological polar surface area (TPSA) is 69.6 Å². The van der Waals surface area contributed by atoms with Crippen LogP contribution in [0.1, 0.15) is 47.7 Å². The number of aliphatic hydroxyl groups excluding tert-OH is 1. The first kappa shape index (κ1) is 26.9. The van der Waals surface area contributed by atoms with Gasteiger partial charge in [0.2, 0.25) is 5.78 Å². The van der Waals surface area contributed by atoms with E-state index in [0.29, 0.717) is 22.4 Å². The minimum atomic E-state index is -1.02. The first-order chi connectivity index (χ1) is 18.4. The maximum absolute atomic E-state index is 13.2. The van der Waals surface area contributed by atoms with Crippen molar-refractivity contribution in [1.29, 1.82) is 0 Å². The van der Waals surface area contributed by atoms with Crippen LogP contribution in [-0.4, -0.2) is 52.6 Å². The van der Waals surface area contributed by atoms with Gasteiger partial charge in [0, 0.05) is 22.3 Å². The summed E-state index contributed by atoms with van der Waals surface area (Å²) < 4.78 is 13.2. The number of carbonyl (C=O) groups excluding carboxylic acids is 2. The van der Waals surface area contributed by atoms with Crippen molar-refractivity contribution in [3.05, 3.63) is 88.7 Å². The Balaban J connectivity index is 1.29. The second-order valence-electron chi connectivity index (χ2n) is 9.95. The number of likely N-dealkylation sites (tertiary alicyclic amines) is 1. The highest BCUT2D eigenvalue weighted by Gasteiger charge is 2.30. The van der Waals surface area contributed by atoms with Crippen molar-refractivity contribution in [1.82, 2.24) is 10.2 Å². The number of aliphatic hydroxyl groups is 1. The van der Waals surface area contributed by atoms with Crippen molar-refractivity contribution in [3.63, 3.8) is 0 Å². The van der Waals surface area contributed by atoms with Crippen LogP contribution < -0.4 is 5.32 Å². The minimum absolute atomic E-state index is 0.243. The van der Waals surface area contributed by atoms with Crippen molar-refractivity contribution >= 4 is 35.1 Å². The van der Waals surface area contributed by atoms with E-state index in [-0.39, 0.29) is 11.4 Å². The molecular weight excluding hydrogens is 523 g/mol. The van der Waals surface area contributed by atoms with Gasteiger partial charge in [-0.3, -0.25) is 9.59 Å². The standard InChI is InChI=1S/C30H30ClFN2O3S/c31-25-17-22(9-14-27(25)38-24-12-13-24)28(35)26(18-34-15-1-2-16-34)33-30(37)29(36)21-5-3-19(4-6-21)20-7-10-23(32)11-8-20/h3-11,14,17,24,26,28,35H,1-2,12-13,15-16,18H2,(H,33,37)/t26-,28-/m1/s1. The fraction of sp³-hybridized carbons (Fsp3) is 0.333. The van der Waals surface area contributed by atoms with Gasteiger partial charge < -0.3 is 15.3 Å². The molecule has 1 aliphatic heterocycles. The monoisotopic (exact) mass is 552 g/mol. The number of nitrogens with one attached hydrogen (secondary N) is 1. The Morgan fingerprint density at radius 1 is 1.00 bits per heavy atom. The average Bonchev–Trinajstić information content (AvgIpc) is 3.60. The van der Waals surface area contributed by atoms with E-state index in [1.807, 2.05) is 12.1 Å². The van der Waals surface area contributed by atoms with Crippen LogP contribution in [0.3, 0.4) is 0 Å². The van der Waals surface area contributed by atoms with E-state index < -0.39 is 23.8 Å². The van der Waals surface area contributed by atoms with Crippen LogP contribution >= 0.6 is 23.4 Å². The smallest absolute Gasteiger partial charge is 0.292 e. The quantitative estimate of drug-likeness (QED) is 0.242. The molecular formula is C30H30ClFN2O3S. The highest BCUT2D eigenvalue weighted by Crippen LogP contribution is 2.42. The Morgan fingerprint density at radius 2 is 1.63 bits per heavy atom. The van der Waals surface area contributed by atoms with Crippen LogP contribution in [0.25, 0.3) is 11.1 Å². The summed E-state index contributed by atoms with van der Waals surface area (Å²) in [5.41, 5.74) is 2.47. The molecule has 2 N–H and O–H groups in total. The molecule has 3 aromatic rings. The third-order valence-corrected chi connectivity index (χ3v) is 8.84. The van der Waals surface area contributed by atoms with Crippen molar-refractivity contribution < 1.29 is 19.1 Å². The van der Waals surface area contributed by atoms with Gasteiger partial charge in [-0.2, -0.15) is 0 Å². The summed E-state index contributed by atoms with van der Waals surface area (Å²) >= 11 is 8.27. The van der Waals surface area contributed by atoms with E-state index in [1.165, 1.54) is 25.0 Å². The highest BCUT2D eigenvalue weighted by molar-refractivity contribution is 8.00. The third kappa shape index (κ3) is 6.64. The maximum Gasteiger partial charge on any atom is 0.292 e. The minimum Gasteiger partial charge on any atom is -0.386 e. The molecule has 1 heterocycles. The fourth-order valence-electron chi connectivity index (χ4n) is 4.68. The summed E-state index contributed by atoms with van der Waals surface area (Å²) in [6, 6.07) is 17.6. The second-order valence-corrected chi connectivity index (χ2v) is 11.7. The number of hydrogen-bond donors (Lipinski definition) is 2. The van der Waals surface area contributed by atoms with Crippen LogP contribution in [0.2, 0.25) is 5.02 Å². The molecule has 0 unspecified atom stereocenters. The summed E-state index contributed by atoms with van der Waals surface area (Å²) in [6.07, 6.45) is 3.49. The molecule has 1 aliphatic carbocycles. The molecule has 2 fully saturated rings. The molecule has 0 bridgehead atoms. The van der Waals surface area contributed by atoms with Gasteiger partial charge in [-0.05, 0) is 79.7 Å². The SMILES string of the molecule is O=C(N[C@H](CN1CCCC1)[C@H](O)c1ccc(SC2CC2)c(Cl)c1)C(=O)c1ccc(-c2ccc(F)cc2)cc1. The van der Waals surface area contributed by atoms with Crippen LogP contribution in [-0.2, 0) is 4.79 Å². The molecule has 0 spiro atoms. The maximum atomic E-state index is 13.2. The third-order valence-electron chi connectivity index (χ3n) is 7.00. The summed E-state index contributed by atoms with van der Waals surface area (Å²) in [4.78, 5) is 29.2. The Labute approximate surface area is 231 Å². The number of rotatable bonds is 10. The average molecular weight is 553 g/mol. The van der Waals surface area contributed by atoms with Gasteiger partial charge in [0.05, 0.1) is 11.1 Å². The van der Waals surface area contributed by atoms with E-state index in [2.05, 4.69) is 10.2 Å². The van der Waals surface area contributed by atoms with Crippen LogP contribution in [0, 0.1) is 5.82 Å². The number of halogens is 2. The number of benzene rings is 3. The van der Waals surface area contributed by atoms with E-state index in [4.69, 9.17) is 11.6 Å². The fourth-order valence-corrected chi connectivity index (χ4v) is 6.06. The molecule has 1 saturated carbocycles. The van der Waals surface area contributed by atoms with Crippen molar-refractivity contribution in [2.24, 2.45) is 0 Å². The molecule has 0 radical (unpaired) electrons. The van der Waals surface area contributed by atoms with Crippen molar-refractivity contribution in [3.8, 4) is 11.1 Å². The molecule has 1 saturated heterocycles. The van der Waals surface area contributed by atoms with E-state index in [9.17, 15) is 19.1 Å². The molecule has 8 heteroatoms. The molecule has 3 aromatic carbocycles. The predicted octanol–water partition coefficient (Wildman–Crippen LogP) is 5.90. The van der Waals surface area contributed by atoms with Crippen molar-refractivity contribution in [2.75, 3.05) is 19.6 Å². The predicted molar refractivity (Wildman–Crippen MR) is 149 cm³/mol. The van der Waals surface area contributed by atoms with Gasteiger partial charge in [0.1, 0.15) is 11.9 Å². The molecule has 198 valence electrons. The first-order valence-electron chi connectivity index (χ1n) is 12.9. The number of carbonyl (C=O) groups is 2. The van der Waals surface area contributed by atoms with Gasteiger partial charge in [0.25, 0.3) is 5.91 Å². The lowest BCUT2D eigenvalue weighted by Crippen LogP contribution is -2.48. The number of Topliss-reactive ketones (excluding diaryl/α,β-unsaturated/α-hetero) is 1. The van der Waals surface area contributed by atoms with Gasteiger partial charge in [0.15, 0.2) is 0 Å².